The number of likely N-dealkylation sites (tertiary alicyclic amines) is 1. The highest BCUT2D eigenvalue weighted by Gasteiger charge is 2.63. The minimum Gasteiger partial charge on any atom is -0.368 e. The molecule has 1 saturated carbocycles. The molecule has 2 saturated heterocycles. The molecule has 3 aliphatic heterocycles. The van der Waals surface area contributed by atoms with Crippen LogP contribution in [-0.4, -0.2) is 53.6 Å². The summed E-state index contributed by atoms with van der Waals surface area (Å²) in [5, 5.41) is 3.39. The molecule has 158 valence electrons. The van der Waals surface area contributed by atoms with Crippen molar-refractivity contribution in [2.45, 2.75) is 31.3 Å². The van der Waals surface area contributed by atoms with Crippen LogP contribution in [0.25, 0.3) is 11.4 Å². The second-order valence-corrected chi connectivity index (χ2v) is 9.01. The highest BCUT2D eigenvalue weighted by molar-refractivity contribution is 5.87. The molecule has 1 aliphatic carbocycles. The minimum absolute atomic E-state index is 0. The molecule has 3 fully saturated rings. The van der Waals surface area contributed by atoms with Crippen molar-refractivity contribution in [1.82, 2.24) is 20.2 Å². The maximum atomic E-state index is 13.1. The normalized spacial score (nSPS) is 28.4. The second-order valence-electron chi connectivity index (χ2n) is 9.01. The number of rotatable bonds is 2. The number of benzene rings is 1. The van der Waals surface area contributed by atoms with Gasteiger partial charge in [-0.3, -0.25) is 4.79 Å². The third-order valence-electron chi connectivity index (χ3n) is 7.43. The SMILES string of the molecule is Cl.O=C(N1CCC2(CC1)OCCc1cnc(-c3ccccc3)nc12)[C@@]12CNC[C@@H]1C2. The van der Waals surface area contributed by atoms with Crippen molar-refractivity contribution >= 4 is 18.3 Å². The molecule has 0 bridgehead atoms. The Morgan fingerprint density at radius 2 is 2.00 bits per heavy atom. The topological polar surface area (TPSA) is 67.4 Å². The van der Waals surface area contributed by atoms with Crippen LogP contribution in [0.3, 0.4) is 0 Å². The van der Waals surface area contributed by atoms with Gasteiger partial charge in [0.25, 0.3) is 0 Å². The fraction of sp³-hybridized carbons (Fsp3) is 0.522. The molecule has 7 heteroatoms. The molecule has 1 aromatic heterocycles. The summed E-state index contributed by atoms with van der Waals surface area (Å²) in [4.78, 5) is 24.8. The van der Waals surface area contributed by atoms with Crippen LogP contribution in [0.1, 0.15) is 30.5 Å². The molecule has 2 atom stereocenters. The van der Waals surface area contributed by atoms with Crippen molar-refractivity contribution in [1.29, 1.82) is 0 Å². The number of carbonyl (C=O) groups excluding carboxylic acids is 1. The molecule has 1 aromatic carbocycles. The molecule has 6 rings (SSSR count). The number of hydrogen-bond donors (Lipinski definition) is 1. The predicted molar refractivity (Wildman–Crippen MR) is 115 cm³/mol. The van der Waals surface area contributed by atoms with Gasteiger partial charge in [-0.25, -0.2) is 9.97 Å². The van der Waals surface area contributed by atoms with E-state index in [4.69, 9.17) is 9.72 Å². The summed E-state index contributed by atoms with van der Waals surface area (Å²) >= 11 is 0. The smallest absolute Gasteiger partial charge is 0.230 e. The van der Waals surface area contributed by atoms with Crippen LogP contribution in [0.2, 0.25) is 0 Å². The number of nitrogens with one attached hydrogen (secondary N) is 1. The number of fused-ring (bicyclic) bond motifs is 3. The summed E-state index contributed by atoms with van der Waals surface area (Å²) in [5.41, 5.74) is 2.77. The Balaban J connectivity index is 0.00000193. The summed E-state index contributed by atoms with van der Waals surface area (Å²) < 4.78 is 6.37. The number of amides is 1. The Morgan fingerprint density at radius 3 is 2.70 bits per heavy atom. The van der Waals surface area contributed by atoms with Crippen molar-refractivity contribution in [2.24, 2.45) is 11.3 Å². The molecular weight excluding hydrogens is 400 g/mol. The molecule has 4 aliphatic rings. The lowest BCUT2D eigenvalue weighted by atomic mass is 9.82. The van der Waals surface area contributed by atoms with Gasteiger partial charge in [0.1, 0.15) is 5.60 Å². The van der Waals surface area contributed by atoms with Crippen LogP contribution in [-0.2, 0) is 21.6 Å². The first-order valence-electron chi connectivity index (χ1n) is 10.8. The van der Waals surface area contributed by atoms with Crippen LogP contribution in [0.15, 0.2) is 36.5 Å². The summed E-state index contributed by atoms with van der Waals surface area (Å²) in [6.07, 6.45) is 5.51. The molecule has 30 heavy (non-hydrogen) atoms. The van der Waals surface area contributed by atoms with Crippen molar-refractivity contribution < 1.29 is 9.53 Å². The van der Waals surface area contributed by atoms with Crippen LogP contribution in [0, 0.1) is 11.3 Å². The van der Waals surface area contributed by atoms with Gasteiger partial charge in [-0.1, -0.05) is 30.3 Å². The van der Waals surface area contributed by atoms with Gasteiger partial charge in [0.05, 0.1) is 17.7 Å². The van der Waals surface area contributed by atoms with Gasteiger partial charge in [0.15, 0.2) is 5.82 Å². The van der Waals surface area contributed by atoms with E-state index in [0.29, 0.717) is 18.4 Å². The van der Waals surface area contributed by atoms with Crippen molar-refractivity contribution in [3.05, 3.63) is 47.8 Å². The Bertz CT molecular complexity index is 961. The summed E-state index contributed by atoms with van der Waals surface area (Å²) in [7, 11) is 0. The van der Waals surface area contributed by atoms with E-state index in [1.807, 2.05) is 36.5 Å². The molecule has 1 N–H and O–H groups in total. The van der Waals surface area contributed by atoms with E-state index in [1.165, 1.54) is 5.56 Å². The zero-order valence-corrected chi connectivity index (χ0v) is 17.8. The first kappa shape index (κ1) is 19.9. The maximum absolute atomic E-state index is 13.1. The highest BCUT2D eigenvalue weighted by Crippen LogP contribution is 2.56. The van der Waals surface area contributed by atoms with E-state index in [9.17, 15) is 4.79 Å². The first-order chi connectivity index (χ1) is 14.2. The third-order valence-corrected chi connectivity index (χ3v) is 7.43. The molecule has 1 amide bonds. The third kappa shape index (κ3) is 2.96. The fourth-order valence-corrected chi connectivity index (χ4v) is 5.57. The molecule has 0 radical (unpaired) electrons. The molecular formula is C23H27ClN4O2. The Morgan fingerprint density at radius 1 is 1.20 bits per heavy atom. The number of hydrogen-bond acceptors (Lipinski definition) is 5. The van der Waals surface area contributed by atoms with Gasteiger partial charge in [0, 0.05) is 31.4 Å². The minimum atomic E-state index is -0.384. The summed E-state index contributed by atoms with van der Waals surface area (Å²) in [6.45, 7) is 4.05. The predicted octanol–water partition coefficient (Wildman–Crippen LogP) is 2.57. The maximum Gasteiger partial charge on any atom is 0.230 e. The number of halogens is 1. The number of piperidine rings is 2. The monoisotopic (exact) mass is 426 g/mol. The standard InChI is InChI=1S/C23H26N4O2.ClH/c28-21(22-12-18(22)14-24-15-22)27-9-7-23(8-10-27)19-17(6-11-29-23)13-25-20(26-19)16-4-2-1-3-5-16;/h1-5,13,18,24H,6-12,14-15H2;1H/t18-,22-;/m0./s1. The number of nitrogens with zero attached hydrogens (tertiary/aromatic N) is 3. The first-order valence-corrected chi connectivity index (χ1v) is 10.8. The van der Waals surface area contributed by atoms with E-state index in [-0.39, 0.29) is 23.4 Å². The Kier molecular flexibility index (Phi) is 4.84. The number of ether oxygens (including phenoxy) is 1. The summed E-state index contributed by atoms with van der Waals surface area (Å²) in [6, 6.07) is 10.1. The van der Waals surface area contributed by atoms with Gasteiger partial charge in [-0.05, 0) is 43.7 Å². The van der Waals surface area contributed by atoms with E-state index in [1.54, 1.807) is 0 Å². The molecule has 1 spiro atoms. The van der Waals surface area contributed by atoms with Gasteiger partial charge in [-0.15, -0.1) is 12.4 Å². The van der Waals surface area contributed by atoms with Gasteiger partial charge >= 0.3 is 0 Å². The van der Waals surface area contributed by atoms with Crippen LogP contribution >= 0.6 is 12.4 Å². The van der Waals surface area contributed by atoms with Crippen LogP contribution < -0.4 is 5.32 Å². The Hall–Kier alpha value is -2.02. The highest BCUT2D eigenvalue weighted by atomic mass is 35.5. The van der Waals surface area contributed by atoms with Crippen LogP contribution in [0.4, 0.5) is 0 Å². The summed E-state index contributed by atoms with van der Waals surface area (Å²) in [5.74, 6) is 1.66. The number of aromatic nitrogens is 2. The zero-order valence-electron chi connectivity index (χ0n) is 17.0. The number of carbonyl (C=O) groups is 1. The van der Waals surface area contributed by atoms with Crippen molar-refractivity contribution in [3.8, 4) is 11.4 Å². The lowest BCUT2D eigenvalue weighted by Gasteiger charge is -2.44. The van der Waals surface area contributed by atoms with Gasteiger partial charge < -0.3 is 15.0 Å². The quantitative estimate of drug-likeness (QED) is 0.799. The van der Waals surface area contributed by atoms with E-state index in [0.717, 1.165) is 68.9 Å². The Labute approximate surface area is 182 Å². The van der Waals surface area contributed by atoms with E-state index < -0.39 is 0 Å². The second kappa shape index (κ2) is 7.29. The van der Waals surface area contributed by atoms with E-state index in [2.05, 4.69) is 15.2 Å². The lowest BCUT2D eigenvalue weighted by molar-refractivity contribution is -0.146. The zero-order chi connectivity index (χ0) is 19.5. The van der Waals surface area contributed by atoms with Crippen LogP contribution in [0.5, 0.6) is 0 Å². The molecule has 2 aromatic rings. The van der Waals surface area contributed by atoms with E-state index >= 15 is 0 Å². The largest absolute Gasteiger partial charge is 0.368 e. The average Bonchev–Trinajstić information content (AvgIpc) is 3.35. The average molecular weight is 427 g/mol. The molecule has 0 unspecified atom stereocenters. The molecule has 4 heterocycles. The van der Waals surface area contributed by atoms with Gasteiger partial charge in [0.2, 0.25) is 5.91 Å². The fourth-order valence-electron chi connectivity index (χ4n) is 5.57. The van der Waals surface area contributed by atoms with Crippen molar-refractivity contribution in [2.75, 3.05) is 32.8 Å². The lowest BCUT2D eigenvalue weighted by Crippen LogP contribution is -2.51. The molecule has 6 nitrogen and oxygen atoms in total. The van der Waals surface area contributed by atoms with Crippen molar-refractivity contribution in [3.63, 3.8) is 0 Å². The van der Waals surface area contributed by atoms with Gasteiger partial charge in [-0.2, -0.15) is 0 Å².